The third-order valence-electron chi connectivity index (χ3n) is 2.48. The van der Waals surface area contributed by atoms with E-state index < -0.39 is 0 Å². The van der Waals surface area contributed by atoms with Gasteiger partial charge in [-0.1, -0.05) is 0 Å². The summed E-state index contributed by atoms with van der Waals surface area (Å²) in [5.74, 6) is 0. The van der Waals surface area contributed by atoms with Crippen molar-refractivity contribution in [3.8, 4) is 0 Å². The molecule has 0 amide bonds. The second-order valence-electron chi connectivity index (χ2n) is 4.91. The van der Waals surface area contributed by atoms with Crippen molar-refractivity contribution in [2.45, 2.75) is 33.2 Å². The zero-order valence-electron chi connectivity index (χ0n) is 9.98. The predicted octanol–water partition coefficient (Wildman–Crippen LogP) is 1.85. The van der Waals surface area contributed by atoms with E-state index in [0.29, 0.717) is 11.0 Å². The van der Waals surface area contributed by atoms with Crippen molar-refractivity contribution in [1.29, 1.82) is 0 Å². The molecule has 0 fully saturated rings. The highest BCUT2D eigenvalue weighted by atomic mass is 16.1. The largest absolute Gasteiger partial charge is 0.293 e. The predicted molar refractivity (Wildman–Crippen MR) is 63.5 cm³/mol. The minimum absolute atomic E-state index is 0.0370. The fourth-order valence-electron chi connectivity index (χ4n) is 1.58. The Hall–Kier alpha value is -1.71. The molecule has 0 spiro atoms. The van der Waals surface area contributed by atoms with E-state index >= 15 is 0 Å². The van der Waals surface area contributed by atoms with Crippen LogP contribution in [-0.2, 0) is 5.54 Å². The maximum atomic E-state index is 12.2. The standard InChI is InChI=1S/C12H15N3O/c1-8-5-6-9-10(14-8)13-7-15(11(9)16)12(2,3)4/h5-7H,1-4H3. The van der Waals surface area contributed by atoms with Gasteiger partial charge in [0.05, 0.1) is 5.39 Å². The van der Waals surface area contributed by atoms with Crippen molar-refractivity contribution in [3.63, 3.8) is 0 Å². The first kappa shape index (κ1) is 10.8. The molecule has 2 rings (SSSR count). The molecule has 2 aromatic heterocycles. The van der Waals surface area contributed by atoms with E-state index in [0.717, 1.165) is 5.69 Å². The van der Waals surface area contributed by atoms with Crippen molar-refractivity contribution < 1.29 is 0 Å². The molecule has 0 aliphatic heterocycles. The van der Waals surface area contributed by atoms with Gasteiger partial charge in [0, 0.05) is 11.2 Å². The van der Waals surface area contributed by atoms with Gasteiger partial charge in [-0.25, -0.2) is 9.97 Å². The van der Waals surface area contributed by atoms with Gasteiger partial charge >= 0.3 is 0 Å². The number of hydrogen-bond acceptors (Lipinski definition) is 3. The molecule has 4 heteroatoms. The lowest BCUT2D eigenvalue weighted by Crippen LogP contribution is -2.34. The van der Waals surface area contributed by atoms with Gasteiger partial charge < -0.3 is 0 Å². The highest BCUT2D eigenvalue weighted by molar-refractivity contribution is 5.73. The SMILES string of the molecule is Cc1ccc2c(=O)n(C(C)(C)C)cnc2n1. The summed E-state index contributed by atoms with van der Waals surface area (Å²) in [5.41, 5.74) is 1.09. The lowest BCUT2D eigenvalue weighted by molar-refractivity contribution is 0.381. The number of aryl methyl sites for hydroxylation is 1. The van der Waals surface area contributed by atoms with Crippen LogP contribution < -0.4 is 5.56 Å². The third kappa shape index (κ3) is 1.71. The van der Waals surface area contributed by atoms with E-state index in [1.807, 2.05) is 33.8 Å². The number of aromatic nitrogens is 3. The first-order chi connectivity index (χ1) is 7.39. The van der Waals surface area contributed by atoms with E-state index in [9.17, 15) is 4.79 Å². The highest BCUT2D eigenvalue weighted by Crippen LogP contribution is 2.12. The van der Waals surface area contributed by atoms with Gasteiger partial charge in [-0.2, -0.15) is 0 Å². The van der Waals surface area contributed by atoms with Crippen LogP contribution in [0.3, 0.4) is 0 Å². The second-order valence-corrected chi connectivity index (χ2v) is 4.91. The van der Waals surface area contributed by atoms with E-state index in [4.69, 9.17) is 0 Å². The molecular formula is C12H15N3O. The average molecular weight is 217 g/mol. The van der Waals surface area contributed by atoms with Gasteiger partial charge in [0.1, 0.15) is 6.33 Å². The molecular weight excluding hydrogens is 202 g/mol. The van der Waals surface area contributed by atoms with Crippen molar-refractivity contribution in [3.05, 3.63) is 34.5 Å². The first-order valence-electron chi connectivity index (χ1n) is 5.25. The molecule has 0 aliphatic rings. The molecule has 16 heavy (non-hydrogen) atoms. The van der Waals surface area contributed by atoms with Gasteiger partial charge in [0.25, 0.3) is 5.56 Å². The Morgan fingerprint density at radius 1 is 1.25 bits per heavy atom. The van der Waals surface area contributed by atoms with Crippen LogP contribution in [0.25, 0.3) is 11.0 Å². The maximum absolute atomic E-state index is 12.2. The van der Waals surface area contributed by atoms with Gasteiger partial charge in [-0.15, -0.1) is 0 Å². The molecule has 0 aliphatic carbocycles. The van der Waals surface area contributed by atoms with E-state index in [-0.39, 0.29) is 11.1 Å². The summed E-state index contributed by atoms with van der Waals surface area (Å²) in [6, 6.07) is 3.62. The van der Waals surface area contributed by atoms with Crippen molar-refractivity contribution in [1.82, 2.24) is 14.5 Å². The van der Waals surface area contributed by atoms with Crippen LogP contribution in [0.1, 0.15) is 26.5 Å². The lowest BCUT2D eigenvalue weighted by atomic mass is 10.1. The summed E-state index contributed by atoms with van der Waals surface area (Å²) in [4.78, 5) is 20.6. The van der Waals surface area contributed by atoms with Crippen LogP contribution >= 0.6 is 0 Å². The molecule has 0 radical (unpaired) electrons. The number of rotatable bonds is 0. The third-order valence-corrected chi connectivity index (χ3v) is 2.48. The second kappa shape index (κ2) is 3.40. The van der Waals surface area contributed by atoms with Gasteiger partial charge in [0.15, 0.2) is 5.65 Å². The van der Waals surface area contributed by atoms with Gasteiger partial charge in [0.2, 0.25) is 0 Å². The molecule has 0 saturated heterocycles. The number of fused-ring (bicyclic) bond motifs is 1. The fraction of sp³-hybridized carbons (Fsp3) is 0.417. The Morgan fingerprint density at radius 2 is 1.94 bits per heavy atom. The van der Waals surface area contributed by atoms with Crippen molar-refractivity contribution in [2.24, 2.45) is 0 Å². The Balaban J connectivity index is 2.81. The molecule has 0 atom stereocenters. The van der Waals surface area contributed by atoms with Crippen LogP contribution in [0.2, 0.25) is 0 Å². The van der Waals surface area contributed by atoms with Crippen molar-refractivity contribution in [2.75, 3.05) is 0 Å². The van der Waals surface area contributed by atoms with Crippen LogP contribution in [0.4, 0.5) is 0 Å². The minimum Gasteiger partial charge on any atom is -0.293 e. The smallest absolute Gasteiger partial charge is 0.263 e. The Kier molecular flexibility index (Phi) is 2.30. The summed E-state index contributed by atoms with van der Waals surface area (Å²) in [7, 11) is 0. The quantitative estimate of drug-likeness (QED) is 0.676. The minimum atomic E-state index is -0.261. The highest BCUT2D eigenvalue weighted by Gasteiger charge is 2.16. The van der Waals surface area contributed by atoms with Gasteiger partial charge in [-0.3, -0.25) is 9.36 Å². The fourth-order valence-corrected chi connectivity index (χ4v) is 1.58. The molecule has 0 aromatic carbocycles. The van der Waals surface area contributed by atoms with E-state index in [2.05, 4.69) is 9.97 Å². The zero-order valence-corrected chi connectivity index (χ0v) is 9.98. The summed E-state index contributed by atoms with van der Waals surface area (Å²) >= 11 is 0. The Labute approximate surface area is 94.0 Å². The number of hydrogen-bond donors (Lipinski definition) is 0. The monoisotopic (exact) mass is 217 g/mol. The number of pyridine rings is 1. The molecule has 0 unspecified atom stereocenters. The molecule has 4 nitrogen and oxygen atoms in total. The molecule has 84 valence electrons. The zero-order chi connectivity index (χ0) is 11.9. The summed E-state index contributed by atoms with van der Waals surface area (Å²) in [6.45, 7) is 7.81. The molecule has 0 saturated carbocycles. The van der Waals surface area contributed by atoms with Crippen molar-refractivity contribution >= 4 is 11.0 Å². The van der Waals surface area contributed by atoms with Crippen LogP contribution in [0, 0.1) is 6.92 Å². The summed E-state index contributed by atoms with van der Waals surface area (Å²) < 4.78 is 1.63. The topological polar surface area (TPSA) is 47.8 Å². The van der Waals surface area contributed by atoms with Crippen LogP contribution in [0.15, 0.2) is 23.3 Å². The summed E-state index contributed by atoms with van der Waals surface area (Å²) in [5, 5.41) is 0.572. The van der Waals surface area contributed by atoms with E-state index in [1.54, 1.807) is 17.0 Å². The molecule has 2 heterocycles. The Bertz CT molecular complexity index is 593. The van der Waals surface area contributed by atoms with Crippen LogP contribution in [-0.4, -0.2) is 14.5 Å². The summed E-state index contributed by atoms with van der Waals surface area (Å²) in [6.07, 6.45) is 1.57. The molecule has 0 bridgehead atoms. The first-order valence-corrected chi connectivity index (χ1v) is 5.25. The lowest BCUT2D eigenvalue weighted by Gasteiger charge is -2.21. The average Bonchev–Trinajstić information content (AvgIpc) is 2.15. The van der Waals surface area contributed by atoms with E-state index in [1.165, 1.54) is 0 Å². The number of nitrogens with zero attached hydrogens (tertiary/aromatic N) is 3. The maximum Gasteiger partial charge on any atom is 0.263 e. The normalized spacial score (nSPS) is 12.0. The molecule has 0 N–H and O–H groups in total. The van der Waals surface area contributed by atoms with Gasteiger partial charge in [-0.05, 0) is 39.8 Å². The van der Waals surface area contributed by atoms with Crippen LogP contribution in [0.5, 0.6) is 0 Å². The molecule has 2 aromatic rings. The Morgan fingerprint density at radius 3 is 2.56 bits per heavy atom.